The molecule has 3 saturated heterocycles. The molecule has 0 bridgehead atoms. The molecule has 0 radical (unpaired) electrons. The molecular weight excluding hydrogens is 722 g/mol. The van der Waals surface area contributed by atoms with Crippen LogP contribution in [0.25, 0.3) is 0 Å². The number of nitrogens with one attached hydrogen (secondary N) is 2. The van der Waals surface area contributed by atoms with Crippen molar-refractivity contribution >= 4 is 11.8 Å². The molecule has 6 unspecified atom stereocenters. The quantitative estimate of drug-likeness (QED) is 0.0449. The van der Waals surface area contributed by atoms with E-state index in [0.717, 1.165) is 12.8 Å². The maximum atomic E-state index is 12.9. The van der Waals surface area contributed by atoms with E-state index in [1.165, 1.54) is 14.0 Å². The molecule has 15 atom stereocenters. The van der Waals surface area contributed by atoms with Crippen LogP contribution in [0.3, 0.4) is 0 Å². The summed E-state index contributed by atoms with van der Waals surface area (Å²) in [6.45, 7) is 3.46. The first-order valence-electron chi connectivity index (χ1n) is 18.6. The Morgan fingerprint density at radius 3 is 1.69 bits per heavy atom. The van der Waals surface area contributed by atoms with Crippen molar-refractivity contribution in [1.29, 1.82) is 0 Å². The third-order valence-corrected chi connectivity index (χ3v) is 9.56. The van der Waals surface area contributed by atoms with Gasteiger partial charge in [-0.3, -0.25) is 9.59 Å². The van der Waals surface area contributed by atoms with Crippen LogP contribution < -0.4 is 16.4 Å². The molecule has 3 fully saturated rings. The first-order chi connectivity index (χ1) is 25.9. The van der Waals surface area contributed by atoms with Crippen molar-refractivity contribution in [2.45, 2.75) is 132 Å². The Labute approximate surface area is 315 Å². The Morgan fingerprint density at radius 2 is 1.19 bits per heavy atom. The number of unbranched alkanes of at least 4 members (excludes halogenated alkanes) is 2. The van der Waals surface area contributed by atoms with Crippen LogP contribution >= 0.6 is 0 Å². The molecule has 20 nitrogen and oxygen atoms in total. The van der Waals surface area contributed by atoms with E-state index in [2.05, 4.69) is 10.6 Å². The van der Waals surface area contributed by atoms with Gasteiger partial charge in [-0.05, 0) is 6.42 Å². The summed E-state index contributed by atoms with van der Waals surface area (Å²) in [7, 11) is 1.34. The number of hydrogen-bond acceptors (Lipinski definition) is 18. The zero-order valence-corrected chi connectivity index (χ0v) is 31.6. The largest absolute Gasteiger partial charge is 0.394 e. The third-order valence-electron chi connectivity index (χ3n) is 9.56. The first kappa shape index (κ1) is 46.7. The Bertz CT molecular complexity index is 1080. The zero-order valence-electron chi connectivity index (χ0n) is 31.6. The van der Waals surface area contributed by atoms with Crippen molar-refractivity contribution in [2.24, 2.45) is 11.7 Å². The van der Waals surface area contributed by atoms with Crippen molar-refractivity contribution in [3.8, 4) is 0 Å². The summed E-state index contributed by atoms with van der Waals surface area (Å²) in [4.78, 5) is 25.4. The minimum Gasteiger partial charge on any atom is -0.394 e. The van der Waals surface area contributed by atoms with E-state index in [0.29, 0.717) is 6.42 Å². The summed E-state index contributed by atoms with van der Waals surface area (Å²) in [5, 5.41) is 67.9. The van der Waals surface area contributed by atoms with Gasteiger partial charge in [0.2, 0.25) is 11.8 Å². The number of nitrogens with two attached hydrogens (primary N) is 1. The van der Waals surface area contributed by atoms with Gasteiger partial charge < -0.3 is 89.6 Å². The maximum absolute atomic E-state index is 12.9. The van der Waals surface area contributed by atoms with Gasteiger partial charge in [-0.1, -0.05) is 26.7 Å². The molecule has 316 valence electrons. The number of aliphatic hydroxyl groups excluding tert-OH is 6. The number of hydrogen-bond donors (Lipinski definition) is 9. The topological polar surface area (TPSA) is 289 Å². The fourth-order valence-corrected chi connectivity index (χ4v) is 6.63. The molecule has 3 aliphatic heterocycles. The van der Waals surface area contributed by atoms with Crippen LogP contribution in [0.1, 0.15) is 46.5 Å². The lowest BCUT2D eigenvalue weighted by Gasteiger charge is -2.50. The van der Waals surface area contributed by atoms with Crippen LogP contribution in [0.15, 0.2) is 0 Å². The van der Waals surface area contributed by atoms with Gasteiger partial charge in [0.1, 0.15) is 48.7 Å². The molecule has 3 heterocycles. The van der Waals surface area contributed by atoms with Gasteiger partial charge in [-0.25, -0.2) is 0 Å². The predicted octanol–water partition coefficient (Wildman–Crippen LogP) is -3.78. The molecular formula is C34H63N3O17. The van der Waals surface area contributed by atoms with E-state index in [1.54, 1.807) is 6.92 Å². The van der Waals surface area contributed by atoms with Gasteiger partial charge in [0.25, 0.3) is 0 Å². The van der Waals surface area contributed by atoms with Crippen LogP contribution in [-0.2, 0) is 52.2 Å². The first-order valence-corrected chi connectivity index (χ1v) is 18.6. The number of amides is 2. The van der Waals surface area contributed by atoms with Gasteiger partial charge >= 0.3 is 0 Å². The fourth-order valence-electron chi connectivity index (χ4n) is 6.63. The van der Waals surface area contributed by atoms with Crippen LogP contribution in [0.4, 0.5) is 0 Å². The third kappa shape index (κ3) is 13.2. The summed E-state index contributed by atoms with van der Waals surface area (Å²) >= 11 is 0. The standard InChI is InChI=1S/C34H63N3O17/c1-5-6-7-8-23(42)37-25-28(44)31(21(16-48-13-10-39)51-33(25)46-4)54-34-26(36-19(3)41)29(45)30(22(52-34)17-49-14-11-40)53-32-24(35)27(43)18(2)20(50-32)15-47-12-9-38/h18,20-22,24-34,38-40,43-45H,5-17,35H2,1-4H3,(H,36,41)(H,37,42)/t18-,20?,21?,22?,24?,25?,26?,27+,28-,29-,30-,31-,32-,33+,34-/m0/s1. The number of methoxy groups -OCH3 is 1. The molecule has 0 aromatic carbocycles. The molecule has 2 amide bonds. The number of ether oxygens (including phenoxy) is 9. The highest BCUT2D eigenvalue weighted by molar-refractivity contribution is 5.76. The Kier molecular flexibility index (Phi) is 20.9. The zero-order chi connectivity index (χ0) is 39.8. The molecule has 3 rings (SSSR count). The van der Waals surface area contributed by atoms with E-state index in [1.807, 2.05) is 6.92 Å². The van der Waals surface area contributed by atoms with Gasteiger partial charge in [0, 0.05) is 26.4 Å². The smallest absolute Gasteiger partial charge is 0.220 e. The second kappa shape index (κ2) is 24.2. The van der Waals surface area contributed by atoms with E-state index in [9.17, 15) is 35.1 Å². The number of carbonyl (C=O) groups is 2. The SMILES string of the molecule is CCCCCC(=O)NC1[C@H](OC)OC(COCCO)[C@H](O[C@@H]2OC(COCCO)[C@H](O[C@@H]3OC(COCCO)[C@H](C)[C@@H](O)C3N)[C@@H](O)C2NC(C)=O)[C@H]1O. The van der Waals surface area contributed by atoms with Gasteiger partial charge in [-0.2, -0.15) is 0 Å². The maximum Gasteiger partial charge on any atom is 0.220 e. The summed E-state index contributed by atoms with van der Waals surface area (Å²) in [6, 6.07) is -3.57. The minimum atomic E-state index is -1.61. The lowest BCUT2D eigenvalue weighted by atomic mass is 9.89. The highest BCUT2D eigenvalue weighted by atomic mass is 16.7. The van der Waals surface area contributed by atoms with Gasteiger partial charge in [-0.15, -0.1) is 0 Å². The molecule has 0 aliphatic carbocycles. The van der Waals surface area contributed by atoms with Gasteiger partial charge in [0.05, 0.1) is 77.7 Å². The second-order valence-corrected chi connectivity index (χ2v) is 13.6. The molecule has 3 aliphatic rings. The fraction of sp³-hybridized carbons (Fsp3) is 0.941. The molecule has 10 N–H and O–H groups in total. The average molecular weight is 786 g/mol. The summed E-state index contributed by atoms with van der Waals surface area (Å²) in [6.07, 6.45) is -11.2. The summed E-state index contributed by atoms with van der Waals surface area (Å²) < 4.78 is 53.1. The summed E-state index contributed by atoms with van der Waals surface area (Å²) in [5.74, 6) is -1.42. The second-order valence-electron chi connectivity index (χ2n) is 13.6. The molecule has 0 aromatic rings. The minimum absolute atomic E-state index is 0.00163. The molecule has 54 heavy (non-hydrogen) atoms. The van der Waals surface area contributed by atoms with Crippen LogP contribution in [0.5, 0.6) is 0 Å². The normalized spacial score (nSPS) is 37.2. The van der Waals surface area contributed by atoms with Gasteiger partial charge in [0.15, 0.2) is 18.9 Å². The average Bonchev–Trinajstić information content (AvgIpc) is 3.14. The van der Waals surface area contributed by atoms with E-state index in [4.69, 9.17) is 53.5 Å². The highest BCUT2D eigenvalue weighted by Gasteiger charge is 2.54. The number of rotatable bonds is 23. The van der Waals surface area contributed by atoms with E-state index < -0.39 is 97.7 Å². The van der Waals surface area contributed by atoms with Crippen LogP contribution in [0, 0.1) is 5.92 Å². The Hall–Kier alpha value is -1.70. The molecule has 0 spiro atoms. The van der Waals surface area contributed by atoms with Crippen molar-refractivity contribution in [3.63, 3.8) is 0 Å². The number of aliphatic hydroxyl groups is 6. The molecule has 0 aromatic heterocycles. The lowest BCUT2D eigenvalue weighted by Crippen LogP contribution is -2.70. The van der Waals surface area contributed by atoms with Crippen LogP contribution in [-0.4, -0.2) is 195 Å². The monoisotopic (exact) mass is 785 g/mol. The van der Waals surface area contributed by atoms with Crippen molar-refractivity contribution < 1.29 is 82.9 Å². The number of carbonyl (C=O) groups excluding carboxylic acids is 2. The van der Waals surface area contributed by atoms with E-state index in [-0.39, 0.29) is 71.8 Å². The molecule has 0 saturated carbocycles. The van der Waals surface area contributed by atoms with Crippen LogP contribution in [0.2, 0.25) is 0 Å². The van der Waals surface area contributed by atoms with E-state index >= 15 is 0 Å². The van der Waals surface area contributed by atoms with Crippen molar-refractivity contribution in [2.75, 3.05) is 66.6 Å². The summed E-state index contributed by atoms with van der Waals surface area (Å²) in [5.41, 5.74) is 6.34. The highest BCUT2D eigenvalue weighted by Crippen LogP contribution is 2.34. The predicted molar refractivity (Wildman–Crippen MR) is 185 cm³/mol. The molecule has 20 heteroatoms. The Morgan fingerprint density at radius 1 is 0.704 bits per heavy atom. The Balaban J connectivity index is 1.93. The van der Waals surface area contributed by atoms with Crippen molar-refractivity contribution in [1.82, 2.24) is 10.6 Å². The lowest BCUT2D eigenvalue weighted by molar-refractivity contribution is -0.351. The van der Waals surface area contributed by atoms with Crippen molar-refractivity contribution in [3.05, 3.63) is 0 Å².